The zero-order valence-corrected chi connectivity index (χ0v) is 13.6. The zero-order valence-electron chi connectivity index (χ0n) is 12.0. The minimum absolute atomic E-state index is 0.0118. The molecule has 0 unspecified atom stereocenters. The standard InChI is InChI=1S/C17H17BrO3/c1-11-7-15(8-12(2)17(11)18)21-10-14-6-4-3-5-13(14)9-16(19)20/h3-8H,9-10H2,1-2H3,(H,19,20). The lowest BCUT2D eigenvalue weighted by molar-refractivity contribution is -0.136. The molecule has 0 atom stereocenters. The van der Waals surface area contributed by atoms with Crippen molar-refractivity contribution in [3.05, 3.63) is 63.1 Å². The molecule has 0 aliphatic heterocycles. The summed E-state index contributed by atoms with van der Waals surface area (Å²) in [6, 6.07) is 11.4. The summed E-state index contributed by atoms with van der Waals surface area (Å²) < 4.78 is 6.90. The van der Waals surface area contributed by atoms with E-state index in [4.69, 9.17) is 9.84 Å². The van der Waals surface area contributed by atoms with E-state index in [0.717, 1.165) is 32.5 Å². The van der Waals surface area contributed by atoms with Gasteiger partial charge in [0.2, 0.25) is 0 Å². The molecule has 0 aromatic heterocycles. The molecule has 4 heteroatoms. The van der Waals surface area contributed by atoms with Gasteiger partial charge in [-0.2, -0.15) is 0 Å². The van der Waals surface area contributed by atoms with Crippen molar-refractivity contribution in [3.8, 4) is 5.75 Å². The Hall–Kier alpha value is -1.81. The number of ether oxygens (including phenoxy) is 1. The fraction of sp³-hybridized carbons (Fsp3) is 0.235. The molecule has 1 N–H and O–H groups in total. The van der Waals surface area contributed by atoms with Gasteiger partial charge in [-0.05, 0) is 48.2 Å². The molecule has 3 nitrogen and oxygen atoms in total. The summed E-state index contributed by atoms with van der Waals surface area (Å²) >= 11 is 3.53. The van der Waals surface area contributed by atoms with Crippen LogP contribution in [0.4, 0.5) is 0 Å². The smallest absolute Gasteiger partial charge is 0.307 e. The molecule has 0 radical (unpaired) electrons. The van der Waals surface area contributed by atoms with Crippen LogP contribution in [0.2, 0.25) is 0 Å². The van der Waals surface area contributed by atoms with Crippen molar-refractivity contribution in [1.82, 2.24) is 0 Å². The van der Waals surface area contributed by atoms with Crippen LogP contribution in [0.25, 0.3) is 0 Å². The van der Waals surface area contributed by atoms with E-state index < -0.39 is 5.97 Å². The Labute approximate surface area is 132 Å². The summed E-state index contributed by atoms with van der Waals surface area (Å²) in [5.74, 6) is -0.0453. The summed E-state index contributed by atoms with van der Waals surface area (Å²) in [6.45, 7) is 4.40. The van der Waals surface area contributed by atoms with E-state index in [1.54, 1.807) is 0 Å². The average molecular weight is 349 g/mol. The van der Waals surface area contributed by atoms with E-state index in [1.807, 2.05) is 50.2 Å². The molecule has 21 heavy (non-hydrogen) atoms. The second-order valence-corrected chi connectivity index (χ2v) is 5.79. The first-order valence-corrected chi connectivity index (χ1v) is 7.45. The topological polar surface area (TPSA) is 46.5 Å². The van der Waals surface area contributed by atoms with Gasteiger partial charge in [-0.25, -0.2) is 0 Å². The second-order valence-electron chi connectivity index (χ2n) is 5.00. The van der Waals surface area contributed by atoms with Crippen molar-refractivity contribution >= 4 is 21.9 Å². The molecule has 2 rings (SSSR count). The van der Waals surface area contributed by atoms with Crippen LogP contribution in [0.5, 0.6) is 5.75 Å². The van der Waals surface area contributed by atoms with Crippen molar-refractivity contribution in [2.75, 3.05) is 0 Å². The molecule has 0 aliphatic carbocycles. The predicted octanol–water partition coefficient (Wildman–Crippen LogP) is 4.27. The molecule has 110 valence electrons. The highest BCUT2D eigenvalue weighted by Gasteiger charge is 2.08. The van der Waals surface area contributed by atoms with Gasteiger partial charge in [0.15, 0.2) is 0 Å². The Morgan fingerprint density at radius 1 is 1.14 bits per heavy atom. The van der Waals surface area contributed by atoms with Gasteiger partial charge in [-0.15, -0.1) is 0 Å². The average Bonchev–Trinajstić information content (AvgIpc) is 2.43. The van der Waals surface area contributed by atoms with Crippen molar-refractivity contribution in [2.45, 2.75) is 26.9 Å². The molecule has 0 heterocycles. The van der Waals surface area contributed by atoms with Crippen LogP contribution in [-0.2, 0) is 17.8 Å². The monoisotopic (exact) mass is 348 g/mol. The van der Waals surface area contributed by atoms with Gasteiger partial charge >= 0.3 is 5.97 Å². The molecule has 0 saturated carbocycles. The van der Waals surface area contributed by atoms with Gasteiger partial charge in [0.05, 0.1) is 6.42 Å². The van der Waals surface area contributed by atoms with E-state index in [9.17, 15) is 4.79 Å². The highest BCUT2D eigenvalue weighted by molar-refractivity contribution is 9.10. The Morgan fingerprint density at radius 3 is 2.29 bits per heavy atom. The minimum Gasteiger partial charge on any atom is -0.489 e. The van der Waals surface area contributed by atoms with Gasteiger partial charge in [0.25, 0.3) is 0 Å². The summed E-state index contributed by atoms with van der Waals surface area (Å²) in [5, 5.41) is 8.93. The molecule has 0 amide bonds. The lowest BCUT2D eigenvalue weighted by Gasteiger charge is -2.12. The Balaban J connectivity index is 2.15. The van der Waals surface area contributed by atoms with Gasteiger partial charge in [-0.3, -0.25) is 4.79 Å². The van der Waals surface area contributed by atoms with Crippen molar-refractivity contribution in [1.29, 1.82) is 0 Å². The predicted molar refractivity (Wildman–Crippen MR) is 85.7 cm³/mol. The zero-order chi connectivity index (χ0) is 15.4. The molecule has 0 spiro atoms. The summed E-state index contributed by atoms with van der Waals surface area (Å²) in [4.78, 5) is 10.9. The Morgan fingerprint density at radius 2 is 1.71 bits per heavy atom. The van der Waals surface area contributed by atoms with Gasteiger partial charge in [-0.1, -0.05) is 40.2 Å². The summed E-state index contributed by atoms with van der Waals surface area (Å²) in [7, 11) is 0. The van der Waals surface area contributed by atoms with E-state index in [0.29, 0.717) is 6.61 Å². The first-order valence-electron chi connectivity index (χ1n) is 6.65. The van der Waals surface area contributed by atoms with Crippen LogP contribution in [0.15, 0.2) is 40.9 Å². The van der Waals surface area contributed by atoms with Gasteiger partial charge in [0, 0.05) is 4.47 Å². The fourth-order valence-electron chi connectivity index (χ4n) is 2.18. The lowest BCUT2D eigenvalue weighted by Crippen LogP contribution is -2.06. The van der Waals surface area contributed by atoms with E-state index in [1.165, 1.54) is 0 Å². The third-order valence-corrected chi connectivity index (χ3v) is 4.52. The molecule has 0 fully saturated rings. The van der Waals surface area contributed by atoms with Crippen LogP contribution < -0.4 is 4.74 Å². The third-order valence-electron chi connectivity index (χ3n) is 3.26. The summed E-state index contributed by atoms with van der Waals surface area (Å²) in [5.41, 5.74) is 3.92. The maximum atomic E-state index is 10.9. The van der Waals surface area contributed by atoms with Gasteiger partial charge in [0.1, 0.15) is 12.4 Å². The number of benzene rings is 2. The van der Waals surface area contributed by atoms with Crippen molar-refractivity contribution in [3.63, 3.8) is 0 Å². The number of carboxylic acid groups (broad SMARTS) is 1. The maximum absolute atomic E-state index is 10.9. The van der Waals surface area contributed by atoms with Crippen LogP contribution >= 0.6 is 15.9 Å². The molecule has 2 aromatic rings. The number of carbonyl (C=O) groups is 1. The number of aryl methyl sites for hydroxylation is 2. The van der Waals surface area contributed by atoms with Crippen LogP contribution in [-0.4, -0.2) is 11.1 Å². The highest BCUT2D eigenvalue weighted by Crippen LogP contribution is 2.27. The number of hydrogen-bond acceptors (Lipinski definition) is 2. The van der Waals surface area contributed by atoms with E-state index in [2.05, 4.69) is 15.9 Å². The van der Waals surface area contributed by atoms with Gasteiger partial charge < -0.3 is 9.84 Å². The molecular weight excluding hydrogens is 332 g/mol. The highest BCUT2D eigenvalue weighted by atomic mass is 79.9. The SMILES string of the molecule is Cc1cc(OCc2ccccc2CC(=O)O)cc(C)c1Br. The second kappa shape index (κ2) is 6.76. The molecular formula is C17H17BrO3. The Bertz CT molecular complexity index is 642. The maximum Gasteiger partial charge on any atom is 0.307 e. The fourth-order valence-corrected chi connectivity index (χ4v) is 2.41. The van der Waals surface area contributed by atoms with E-state index in [-0.39, 0.29) is 6.42 Å². The summed E-state index contributed by atoms with van der Waals surface area (Å²) in [6.07, 6.45) is 0.0118. The minimum atomic E-state index is -0.835. The molecule has 2 aromatic carbocycles. The van der Waals surface area contributed by atoms with Crippen molar-refractivity contribution < 1.29 is 14.6 Å². The normalized spacial score (nSPS) is 10.4. The van der Waals surface area contributed by atoms with E-state index >= 15 is 0 Å². The van der Waals surface area contributed by atoms with Crippen LogP contribution in [0.3, 0.4) is 0 Å². The largest absolute Gasteiger partial charge is 0.489 e. The first-order chi connectivity index (χ1) is 9.97. The first kappa shape index (κ1) is 15.6. The number of aliphatic carboxylic acids is 1. The van der Waals surface area contributed by atoms with Crippen molar-refractivity contribution in [2.24, 2.45) is 0 Å². The quantitative estimate of drug-likeness (QED) is 0.877. The number of rotatable bonds is 5. The molecule has 0 saturated heterocycles. The Kier molecular flexibility index (Phi) is 5.02. The molecule has 0 bridgehead atoms. The van der Waals surface area contributed by atoms with Crippen LogP contribution in [0, 0.1) is 13.8 Å². The number of hydrogen-bond donors (Lipinski definition) is 1. The number of carboxylic acids is 1. The number of halogens is 1. The third kappa shape index (κ3) is 4.08. The lowest BCUT2D eigenvalue weighted by atomic mass is 10.1. The molecule has 0 aliphatic rings. The van der Waals surface area contributed by atoms with Crippen LogP contribution in [0.1, 0.15) is 22.3 Å².